The molecule has 2 N–H and O–H groups in total. The summed E-state index contributed by atoms with van der Waals surface area (Å²) in [6.45, 7) is 1.14. The molecule has 4 nitrogen and oxygen atoms in total. The minimum Gasteiger partial charge on any atom is -0.422 e. The largest absolute Gasteiger partial charge is 0.422 e. The summed E-state index contributed by atoms with van der Waals surface area (Å²) in [7, 11) is 3.95. The van der Waals surface area contributed by atoms with Crippen LogP contribution in [0.5, 0.6) is 0 Å². The van der Waals surface area contributed by atoms with E-state index in [0.29, 0.717) is 23.6 Å². The molecule has 74 valence electrons. The Morgan fingerprint density at radius 1 is 1.33 bits per heavy atom. The molecule has 0 saturated heterocycles. The van der Waals surface area contributed by atoms with E-state index in [0.717, 1.165) is 12.8 Å². The Morgan fingerprint density at radius 2 is 1.92 bits per heavy atom. The molecular formula is C7H19NO3Si. The SMILES string of the molecule is COC(CCCN)(CO[SiH3])OC. The van der Waals surface area contributed by atoms with E-state index in [1.165, 1.54) is 0 Å². The third kappa shape index (κ3) is 3.64. The topological polar surface area (TPSA) is 53.7 Å². The van der Waals surface area contributed by atoms with Crippen LogP contribution in [0.25, 0.3) is 0 Å². The van der Waals surface area contributed by atoms with E-state index in [9.17, 15) is 0 Å². The quantitative estimate of drug-likeness (QED) is 0.417. The van der Waals surface area contributed by atoms with Crippen LogP contribution >= 0.6 is 0 Å². The lowest BCUT2D eigenvalue weighted by molar-refractivity contribution is -0.226. The Balaban J connectivity index is 3.95. The van der Waals surface area contributed by atoms with Crippen LogP contribution in [0, 0.1) is 0 Å². The molecule has 0 saturated carbocycles. The van der Waals surface area contributed by atoms with Gasteiger partial charge in [-0.25, -0.2) is 0 Å². The molecule has 0 heterocycles. The molecule has 0 bridgehead atoms. The van der Waals surface area contributed by atoms with Gasteiger partial charge >= 0.3 is 0 Å². The van der Waals surface area contributed by atoms with Gasteiger partial charge in [0.05, 0.1) is 6.61 Å². The molecule has 0 aromatic carbocycles. The number of nitrogens with two attached hydrogens (primary N) is 1. The maximum Gasteiger partial charge on any atom is 0.189 e. The Labute approximate surface area is 76.9 Å². The van der Waals surface area contributed by atoms with Gasteiger partial charge in [0, 0.05) is 20.6 Å². The van der Waals surface area contributed by atoms with Gasteiger partial charge in [0.1, 0.15) is 10.5 Å². The van der Waals surface area contributed by atoms with E-state index in [1.54, 1.807) is 14.2 Å². The number of rotatable bonds is 7. The van der Waals surface area contributed by atoms with E-state index in [1.807, 2.05) is 0 Å². The molecule has 0 aliphatic rings. The lowest BCUT2D eigenvalue weighted by Crippen LogP contribution is -2.39. The van der Waals surface area contributed by atoms with Crippen LogP contribution in [0.3, 0.4) is 0 Å². The van der Waals surface area contributed by atoms with Gasteiger partial charge in [-0.2, -0.15) is 0 Å². The summed E-state index contributed by atoms with van der Waals surface area (Å²) in [6, 6.07) is 0. The number of methoxy groups -OCH3 is 2. The van der Waals surface area contributed by atoms with E-state index in [4.69, 9.17) is 19.6 Å². The smallest absolute Gasteiger partial charge is 0.189 e. The van der Waals surface area contributed by atoms with Crippen LogP contribution in [-0.2, 0) is 13.9 Å². The summed E-state index contributed by atoms with van der Waals surface area (Å²) in [6.07, 6.45) is 1.66. The summed E-state index contributed by atoms with van der Waals surface area (Å²) in [5, 5.41) is 0. The van der Waals surface area contributed by atoms with Crippen molar-refractivity contribution < 1.29 is 13.9 Å². The number of hydrogen-bond donors (Lipinski definition) is 1. The first-order valence-electron chi connectivity index (χ1n) is 4.04. The second-order valence-corrected chi connectivity index (χ2v) is 3.22. The van der Waals surface area contributed by atoms with Crippen molar-refractivity contribution in [3.63, 3.8) is 0 Å². The normalized spacial score (nSPS) is 12.2. The van der Waals surface area contributed by atoms with Gasteiger partial charge in [0.15, 0.2) is 5.79 Å². The highest BCUT2D eigenvalue weighted by Gasteiger charge is 2.28. The van der Waals surface area contributed by atoms with Gasteiger partial charge in [-0.05, 0) is 13.0 Å². The molecule has 0 atom stereocenters. The van der Waals surface area contributed by atoms with Gasteiger partial charge in [-0.15, -0.1) is 0 Å². The van der Waals surface area contributed by atoms with E-state index >= 15 is 0 Å². The van der Waals surface area contributed by atoms with Crippen LogP contribution in [-0.4, -0.2) is 43.6 Å². The number of ether oxygens (including phenoxy) is 2. The minimum absolute atomic E-state index is 0.492. The van der Waals surface area contributed by atoms with Gasteiger partial charge < -0.3 is 19.6 Å². The highest BCUT2D eigenvalue weighted by molar-refractivity contribution is 5.97. The molecule has 0 aromatic rings. The molecule has 0 amide bonds. The fraction of sp³-hybridized carbons (Fsp3) is 1.00. The van der Waals surface area contributed by atoms with Crippen LogP contribution in [0.15, 0.2) is 0 Å². The zero-order chi connectivity index (χ0) is 9.45. The first-order chi connectivity index (χ1) is 5.74. The first-order valence-corrected chi connectivity index (χ1v) is 4.85. The Bertz CT molecular complexity index is 109. The molecule has 5 heteroatoms. The lowest BCUT2D eigenvalue weighted by Gasteiger charge is -2.30. The molecule has 12 heavy (non-hydrogen) atoms. The molecule has 0 spiro atoms. The molecule has 0 aliphatic heterocycles. The molecule has 0 rings (SSSR count). The van der Waals surface area contributed by atoms with Crippen molar-refractivity contribution in [1.82, 2.24) is 0 Å². The molecule has 0 fully saturated rings. The predicted octanol–water partition coefficient (Wildman–Crippen LogP) is -0.989. The summed E-state index contributed by atoms with van der Waals surface area (Å²) < 4.78 is 15.6. The number of hydrogen-bond acceptors (Lipinski definition) is 4. The monoisotopic (exact) mass is 193 g/mol. The minimum atomic E-state index is -0.582. The van der Waals surface area contributed by atoms with Crippen LogP contribution in [0.2, 0.25) is 0 Å². The maximum atomic E-state index is 5.40. The highest BCUT2D eigenvalue weighted by Crippen LogP contribution is 2.17. The van der Waals surface area contributed by atoms with Gasteiger partial charge in [-0.1, -0.05) is 0 Å². The standard InChI is InChI=1S/C7H19NO3Si/c1-9-7(10-2,6-11-12)4-3-5-8/h3-6,8H2,1-2,12H3. The average molecular weight is 193 g/mol. The van der Waals surface area contributed by atoms with Gasteiger partial charge in [-0.3, -0.25) is 0 Å². The van der Waals surface area contributed by atoms with Crippen molar-refractivity contribution in [2.45, 2.75) is 18.6 Å². The maximum absolute atomic E-state index is 5.40. The summed E-state index contributed by atoms with van der Waals surface area (Å²) in [5.74, 6) is -0.582. The van der Waals surface area contributed by atoms with Crippen LogP contribution < -0.4 is 5.73 Å². The van der Waals surface area contributed by atoms with Gasteiger partial charge in [0.2, 0.25) is 0 Å². The molecule has 0 radical (unpaired) electrons. The molecule has 0 aliphatic carbocycles. The summed E-state index contributed by atoms with van der Waals surface area (Å²) >= 11 is 0. The van der Waals surface area contributed by atoms with Crippen LogP contribution in [0.1, 0.15) is 12.8 Å². The summed E-state index contributed by atoms with van der Waals surface area (Å²) in [4.78, 5) is 0. The van der Waals surface area contributed by atoms with Gasteiger partial charge in [0.25, 0.3) is 0 Å². The van der Waals surface area contributed by atoms with Crippen LogP contribution in [0.4, 0.5) is 0 Å². The Kier molecular flexibility index (Phi) is 6.59. The zero-order valence-electron chi connectivity index (χ0n) is 8.13. The van der Waals surface area contributed by atoms with Crippen molar-refractivity contribution in [2.75, 3.05) is 27.4 Å². The van der Waals surface area contributed by atoms with Crippen molar-refractivity contribution in [2.24, 2.45) is 5.73 Å². The Hall–Kier alpha value is 0.0569. The second-order valence-electron chi connectivity index (χ2n) is 2.64. The first kappa shape index (κ1) is 12.1. The van der Waals surface area contributed by atoms with Crippen molar-refractivity contribution in [3.05, 3.63) is 0 Å². The highest BCUT2D eigenvalue weighted by atomic mass is 28.2. The Morgan fingerprint density at radius 3 is 2.25 bits per heavy atom. The van der Waals surface area contributed by atoms with Crippen molar-refractivity contribution in [3.8, 4) is 0 Å². The lowest BCUT2D eigenvalue weighted by atomic mass is 10.1. The molecular weight excluding hydrogens is 174 g/mol. The summed E-state index contributed by atoms with van der Waals surface area (Å²) in [5.41, 5.74) is 5.40. The zero-order valence-corrected chi connectivity index (χ0v) is 10.1. The second kappa shape index (κ2) is 6.56. The van der Waals surface area contributed by atoms with E-state index in [2.05, 4.69) is 0 Å². The average Bonchev–Trinajstić information content (AvgIpc) is 2.13. The third-order valence-electron chi connectivity index (χ3n) is 1.87. The van der Waals surface area contributed by atoms with E-state index < -0.39 is 5.79 Å². The fourth-order valence-electron chi connectivity index (χ4n) is 1.07. The molecule has 0 unspecified atom stereocenters. The molecule has 0 aromatic heterocycles. The van der Waals surface area contributed by atoms with Crippen molar-refractivity contribution in [1.29, 1.82) is 0 Å². The van der Waals surface area contributed by atoms with Crippen molar-refractivity contribution >= 4 is 10.5 Å². The van der Waals surface area contributed by atoms with E-state index in [-0.39, 0.29) is 0 Å². The third-order valence-corrected chi connectivity index (χ3v) is 2.16. The fourth-order valence-corrected chi connectivity index (χ4v) is 1.51. The predicted molar refractivity (Wildman–Crippen MR) is 50.9 cm³/mol.